The normalized spacial score (nSPS) is 15.8. The van der Waals surface area contributed by atoms with E-state index in [4.69, 9.17) is 0 Å². The van der Waals surface area contributed by atoms with Crippen molar-refractivity contribution < 1.29 is 8.42 Å². The summed E-state index contributed by atoms with van der Waals surface area (Å²) in [6, 6.07) is 0. The van der Waals surface area contributed by atoms with Crippen LogP contribution in [0.15, 0.2) is 0 Å². The van der Waals surface area contributed by atoms with Gasteiger partial charge >= 0.3 is 0 Å². The summed E-state index contributed by atoms with van der Waals surface area (Å²) in [6.07, 6.45) is 3.17. The molecule has 0 fully saturated rings. The molecule has 0 rings (SSSR count). The Morgan fingerprint density at radius 3 is 1.95 bits per heavy atom. The van der Waals surface area contributed by atoms with Crippen molar-refractivity contribution in [3.05, 3.63) is 0 Å². The van der Waals surface area contributed by atoms with E-state index in [1.807, 2.05) is 13.8 Å². The molecular formula is C14H32N2O2S. The van der Waals surface area contributed by atoms with E-state index in [0.717, 1.165) is 19.4 Å². The van der Waals surface area contributed by atoms with E-state index in [-0.39, 0.29) is 11.1 Å². The Bertz CT molecular complexity index is 369. The van der Waals surface area contributed by atoms with Crippen LogP contribution in [0.5, 0.6) is 0 Å². The number of sulfonamides is 1. The fourth-order valence-corrected chi connectivity index (χ4v) is 3.07. The number of rotatable bonds is 7. The molecule has 1 unspecified atom stereocenters. The van der Waals surface area contributed by atoms with E-state index in [2.05, 4.69) is 33.0 Å². The average molecular weight is 292 g/mol. The Labute approximate surface area is 120 Å². The lowest BCUT2D eigenvalue weighted by Gasteiger charge is -2.37. The van der Waals surface area contributed by atoms with Gasteiger partial charge in [-0.2, -0.15) is 4.31 Å². The van der Waals surface area contributed by atoms with Gasteiger partial charge in [-0.1, -0.05) is 13.3 Å². The van der Waals surface area contributed by atoms with Gasteiger partial charge in [0.1, 0.15) is 0 Å². The van der Waals surface area contributed by atoms with Crippen LogP contribution < -0.4 is 5.32 Å². The summed E-state index contributed by atoms with van der Waals surface area (Å²) in [4.78, 5) is 0. The van der Waals surface area contributed by atoms with Crippen LogP contribution in [0.2, 0.25) is 0 Å². The highest BCUT2D eigenvalue weighted by atomic mass is 32.2. The van der Waals surface area contributed by atoms with E-state index < -0.39 is 10.0 Å². The fourth-order valence-electron chi connectivity index (χ4n) is 2.10. The molecule has 0 amide bonds. The number of hydrogen-bond acceptors (Lipinski definition) is 3. The molecule has 0 aliphatic rings. The fraction of sp³-hybridized carbons (Fsp3) is 1.00. The smallest absolute Gasteiger partial charge is 0.211 e. The van der Waals surface area contributed by atoms with Gasteiger partial charge in [0.2, 0.25) is 10.0 Å². The van der Waals surface area contributed by atoms with Crippen molar-refractivity contribution in [2.75, 3.05) is 19.8 Å². The molecule has 0 bridgehead atoms. The van der Waals surface area contributed by atoms with E-state index in [0.29, 0.717) is 5.92 Å². The number of nitrogens with zero attached hydrogens (tertiary/aromatic N) is 1. The summed E-state index contributed by atoms with van der Waals surface area (Å²) < 4.78 is 24.8. The molecule has 0 aromatic carbocycles. The van der Waals surface area contributed by atoms with E-state index in [1.54, 1.807) is 7.05 Å². The quantitative estimate of drug-likeness (QED) is 0.784. The minimum atomic E-state index is -3.14. The maximum absolute atomic E-state index is 11.7. The second-order valence-electron chi connectivity index (χ2n) is 7.15. The highest BCUT2D eigenvalue weighted by molar-refractivity contribution is 7.88. The van der Waals surface area contributed by atoms with Crippen molar-refractivity contribution >= 4 is 10.0 Å². The molecule has 0 aromatic rings. The molecule has 0 aliphatic carbocycles. The van der Waals surface area contributed by atoms with Crippen molar-refractivity contribution in [2.24, 2.45) is 5.92 Å². The molecule has 0 saturated heterocycles. The van der Waals surface area contributed by atoms with Crippen molar-refractivity contribution in [3.8, 4) is 0 Å². The third-order valence-corrected chi connectivity index (χ3v) is 5.13. The molecule has 1 N–H and O–H groups in total. The Morgan fingerprint density at radius 2 is 1.63 bits per heavy atom. The van der Waals surface area contributed by atoms with Crippen molar-refractivity contribution in [1.82, 2.24) is 9.62 Å². The Hall–Kier alpha value is -0.130. The molecule has 5 heteroatoms. The Kier molecular flexibility index (Phi) is 6.50. The third-order valence-electron chi connectivity index (χ3n) is 3.64. The van der Waals surface area contributed by atoms with Gasteiger partial charge in [0.05, 0.1) is 6.26 Å². The minimum Gasteiger partial charge on any atom is -0.312 e. The first-order valence-electron chi connectivity index (χ1n) is 6.98. The van der Waals surface area contributed by atoms with Crippen molar-refractivity contribution in [1.29, 1.82) is 0 Å². The van der Waals surface area contributed by atoms with Gasteiger partial charge in [0.15, 0.2) is 0 Å². The molecule has 0 aliphatic heterocycles. The first-order chi connectivity index (χ1) is 8.29. The van der Waals surface area contributed by atoms with Crippen LogP contribution in [0.1, 0.15) is 54.4 Å². The topological polar surface area (TPSA) is 49.4 Å². The molecule has 0 spiro atoms. The zero-order chi connectivity index (χ0) is 15.5. The maximum atomic E-state index is 11.7. The van der Waals surface area contributed by atoms with Crippen LogP contribution in [0.25, 0.3) is 0 Å². The maximum Gasteiger partial charge on any atom is 0.211 e. The van der Waals surface area contributed by atoms with E-state index in [9.17, 15) is 8.42 Å². The summed E-state index contributed by atoms with van der Waals surface area (Å²) in [5, 5.41) is 3.51. The van der Waals surface area contributed by atoms with Crippen molar-refractivity contribution in [2.45, 2.75) is 65.5 Å². The molecule has 1 atom stereocenters. The largest absolute Gasteiger partial charge is 0.312 e. The number of nitrogens with one attached hydrogen (secondary N) is 1. The molecule has 0 heterocycles. The molecule has 116 valence electrons. The molecule has 4 nitrogen and oxygen atoms in total. The van der Waals surface area contributed by atoms with Gasteiger partial charge in [-0.15, -0.1) is 0 Å². The average Bonchev–Trinajstić information content (AvgIpc) is 2.20. The second kappa shape index (κ2) is 6.55. The molecular weight excluding hydrogens is 260 g/mol. The predicted molar refractivity (Wildman–Crippen MR) is 82.8 cm³/mol. The highest BCUT2D eigenvalue weighted by Crippen LogP contribution is 2.26. The van der Waals surface area contributed by atoms with Crippen LogP contribution in [0.4, 0.5) is 0 Å². The van der Waals surface area contributed by atoms with E-state index in [1.165, 1.54) is 10.6 Å². The standard InChI is InChI=1S/C14H32N2O2S/c1-9-12(11-15-13(2,3)4)10-14(5,6)16(7)19(8,17)18/h12,15H,9-11H2,1-8H3. The third kappa shape index (κ3) is 7.28. The van der Waals surface area contributed by atoms with Gasteiger partial charge in [-0.05, 0) is 53.5 Å². The van der Waals surface area contributed by atoms with Gasteiger partial charge < -0.3 is 5.32 Å². The monoisotopic (exact) mass is 292 g/mol. The second-order valence-corrected chi connectivity index (χ2v) is 9.17. The SMILES string of the molecule is CCC(CNC(C)(C)C)CC(C)(C)N(C)S(C)(=O)=O. The lowest BCUT2D eigenvalue weighted by Crippen LogP contribution is -2.47. The van der Waals surface area contributed by atoms with Gasteiger partial charge in [0.25, 0.3) is 0 Å². The zero-order valence-electron chi connectivity index (χ0n) is 13.9. The van der Waals surface area contributed by atoms with Crippen LogP contribution >= 0.6 is 0 Å². The predicted octanol–water partition coefficient (Wildman–Crippen LogP) is 2.46. The van der Waals surface area contributed by atoms with Crippen LogP contribution in [0.3, 0.4) is 0 Å². The molecule has 0 aromatic heterocycles. The first kappa shape index (κ1) is 18.9. The minimum absolute atomic E-state index is 0.0975. The van der Waals surface area contributed by atoms with Crippen LogP contribution in [-0.4, -0.2) is 43.6 Å². The van der Waals surface area contributed by atoms with Gasteiger partial charge in [-0.25, -0.2) is 8.42 Å². The summed E-state index contributed by atoms with van der Waals surface area (Å²) in [7, 11) is -1.48. The first-order valence-corrected chi connectivity index (χ1v) is 8.83. The van der Waals surface area contributed by atoms with Crippen molar-refractivity contribution in [3.63, 3.8) is 0 Å². The Morgan fingerprint density at radius 1 is 1.16 bits per heavy atom. The van der Waals surface area contributed by atoms with Gasteiger partial charge in [-0.3, -0.25) is 0 Å². The lowest BCUT2D eigenvalue weighted by molar-refractivity contribution is 0.200. The summed E-state index contributed by atoms with van der Waals surface area (Å²) >= 11 is 0. The van der Waals surface area contributed by atoms with Gasteiger partial charge in [0, 0.05) is 18.1 Å². The van der Waals surface area contributed by atoms with E-state index >= 15 is 0 Å². The molecule has 0 saturated carbocycles. The molecule has 0 radical (unpaired) electrons. The highest BCUT2D eigenvalue weighted by Gasteiger charge is 2.32. The van der Waals surface area contributed by atoms with Crippen LogP contribution in [0, 0.1) is 5.92 Å². The summed E-state index contributed by atoms with van der Waals surface area (Å²) in [6.45, 7) is 13.5. The molecule has 19 heavy (non-hydrogen) atoms. The number of hydrogen-bond donors (Lipinski definition) is 1. The summed E-state index contributed by atoms with van der Waals surface area (Å²) in [5.41, 5.74) is -0.256. The zero-order valence-corrected chi connectivity index (χ0v) is 14.7. The summed E-state index contributed by atoms with van der Waals surface area (Å²) in [5.74, 6) is 0.471. The lowest BCUT2D eigenvalue weighted by atomic mass is 9.88. The Balaban J connectivity index is 4.69. The van der Waals surface area contributed by atoms with Crippen LogP contribution in [-0.2, 0) is 10.0 Å².